The van der Waals surface area contributed by atoms with Crippen molar-refractivity contribution >= 4 is 11.6 Å². The van der Waals surface area contributed by atoms with Gasteiger partial charge in [0.2, 0.25) is 5.91 Å². The molecular formula is C10H15FN4O. The van der Waals surface area contributed by atoms with Crippen molar-refractivity contribution in [3.63, 3.8) is 0 Å². The standard InChI is InChI=1S/C10H15FN4O/c1-2-15-6-8(5-13-15)14-10(16)9-3-7(11)4-12-9/h5-7,9,12H,2-4H2,1H3,(H,14,16)/t7-,9+/m0/s1. The first-order valence-electron chi connectivity index (χ1n) is 5.40. The van der Waals surface area contributed by atoms with E-state index in [1.807, 2.05) is 6.92 Å². The van der Waals surface area contributed by atoms with Crippen LogP contribution in [0.2, 0.25) is 0 Å². The second kappa shape index (κ2) is 4.61. The predicted molar refractivity (Wildman–Crippen MR) is 57.8 cm³/mol. The number of nitrogens with zero attached hydrogens (tertiary/aromatic N) is 2. The Morgan fingerprint density at radius 1 is 1.81 bits per heavy atom. The van der Waals surface area contributed by atoms with Crippen LogP contribution >= 0.6 is 0 Å². The van der Waals surface area contributed by atoms with E-state index >= 15 is 0 Å². The highest BCUT2D eigenvalue weighted by molar-refractivity contribution is 5.94. The first-order chi connectivity index (χ1) is 7.69. The predicted octanol–water partition coefficient (Wildman–Crippen LogP) is 0.541. The molecule has 0 radical (unpaired) electrons. The van der Waals surface area contributed by atoms with Gasteiger partial charge in [-0.3, -0.25) is 9.48 Å². The molecular weight excluding hydrogens is 211 g/mol. The molecule has 2 N–H and O–H groups in total. The third-order valence-electron chi connectivity index (χ3n) is 2.62. The van der Waals surface area contributed by atoms with Gasteiger partial charge in [-0.05, 0) is 6.92 Å². The Bertz CT molecular complexity index is 379. The fourth-order valence-corrected chi connectivity index (χ4v) is 1.72. The smallest absolute Gasteiger partial charge is 0.241 e. The van der Waals surface area contributed by atoms with Crippen molar-refractivity contribution in [2.24, 2.45) is 0 Å². The van der Waals surface area contributed by atoms with Crippen molar-refractivity contribution in [2.75, 3.05) is 11.9 Å². The lowest BCUT2D eigenvalue weighted by Crippen LogP contribution is -2.35. The number of alkyl halides is 1. The Balaban J connectivity index is 1.91. The van der Waals surface area contributed by atoms with Crippen LogP contribution in [0.15, 0.2) is 12.4 Å². The summed E-state index contributed by atoms with van der Waals surface area (Å²) in [5, 5.41) is 9.58. The molecule has 0 aromatic carbocycles. The van der Waals surface area contributed by atoms with Crippen LogP contribution in [0.1, 0.15) is 13.3 Å². The molecule has 0 spiro atoms. The SMILES string of the molecule is CCn1cc(NC(=O)[C@H]2C[C@H](F)CN2)cn1. The van der Waals surface area contributed by atoms with E-state index in [4.69, 9.17) is 0 Å². The summed E-state index contributed by atoms with van der Waals surface area (Å²) >= 11 is 0. The molecule has 1 aliphatic rings. The maximum absolute atomic E-state index is 12.9. The van der Waals surface area contributed by atoms with E-state index in [1.165, 1.54) is 0 Å². The van der Waals surface area contributed by atoms with E-state index < -0.39 is 12.2 Å². The Morgan fingerprint density at radius 3 is 3.19 bits per heavy atom. The molecule has 0 bridgehead atoms. The summed E-state index contributed by atoms with van der Waals surface area (Å²) in [7, 11) is 0. The minimum atomic E-state index is -0.922. The van der Waals surface area contributed by atoms with Crippen LogP contribution < -0.4 is 10.6 Å². The molecule has 16 heavy (non-hydrogen) atoms. The number of halogens is 1. The van der Waals surface area contributed by atoms with Crippen molar-refractivity contribution in [3.05, 3.63) is 12.4 Å². The fraction of sp³-hybridized carbons (Fsp3) is 0.600. The maximum Gasteiger partial charge on any atom is 0.241 e. The zero-order valence-corrected chi connectivity index (χ0v) is 9.11. The van der Waals surface area contributed by atoms with E-state index in [-0.39, 0.29) is 18.9 Å². The lowest BCUT2D eigenvalue weighted by Gasteiger charge is -2.08. The normalized spacial score (nSPS) is 24.6. The Morgan fingerprint density at radius 2 is 2.62 bits per heavy atom. The Kier molecular flexibility index (Phi) is 3.19. The molecule has 2 rings (SSSR count). The van der Waals surface area contributed by atoms with Crippen LogP contribution in [0.4, 0.5) is 10.1 Å². The summed E-state index contributed by atoms with van der Waals surface area (Å²) in [5.41, 5.74) is 0.649. The molecule has 5 nitrogen and oxygen atoms in total. The summed E-state index contributed by atoms with van der Waals surface area (Å²) in [6.07, 6.45) is 2.66. The van der Waals surface area contributed by atoms with Gasteiger partial charge in [0.15, 0.2) is 0 Å². The van der Waals surface area contributed by atoms with Crippen LogP contribution in [-0.4, -0.2) is 34.4 Å². The minimum Gasteiger partial charge on any atom is -0.322 e. The number of hydrogen-bond donors (Lipinski definition) is 2. The number of hydrogen-bond acceptors (Lipinski definition) is 3. The van der Waals surface area contributed by atoms with Crippen molar-refractivity contribution in [2.45, 2.75) is 32.1 Å². The number of aromatic nitrogens is 2. The fourth-order valence-electron chi connectivity index (χ4n) is 1.72. The molecule has 0 aliphatic carbocycles. The maximum atomic E-state index is 12.9. The van der Waals surface area contributed by atoms with Crippen molar-refractivity contribution < 1.29 is 9.18 Å². The number of amides is 1. The average molecular weight is 226 g/mol. The van der Waals surface area contributed by atoms with E-state index in [9.17, 15) is 9.18 Å². The van der Waals surface area contributed by atoms with Gasteiger partial charge in [0.1, 0.15) is 6.17 Å². The minimum absolute atomic E-state index is 0.198. The number of carbonyl (C=O) groups excluding carboxylic acids is 1. The molecule has 0 unspecified atom stereocenters. The first-order valence-corrected chi connectivity index (χ1v) is 5.40. The van der Waals surface area contributed by atoms with Gasteiger partial charge < -0.3 is 10.6 Å². The number of aryl methyl sites for hydroxylation is 1. The van der Waals surface area contributed by atoms with Crippen LogP contribution in [0, 0.1) is 0 Å². The average Bonchev–Trinajstić information content (AvgIpc) is 2.87. The Hall–Kier alpha value is -1.43. The largest absolute Gasteiger partial charge is 0.322 e. The summed E-state index contributed by atoms with van der Waals surface area (Å²) in [6.45, 7) is 2.97. The van der Waals surface area contributed by atoms with Gasteiger partial charge in [0.25, 0.3) is 0 Å². The number of nitrogens with one attached hydrogen (secondary N) is 2. The van der Waals surface area contributed by atoms with E-state index in [0.717, 1.165) is 6.54 Å². The number of anilines is 1. The summed E-state index contributed by atoms with van der Waals surface area (Å²) in [5.74, 6) is -0.198. The van der Waals surface area contributed by atoms with Gasteiger partial charge in [-0.25, -0.2) is 4.39 Å². The quantitative estimate of drug-likeness (QED) is 0.791. The van der Waals surface area contributed by atoms with Gasteiger partial charge in [-0.1, -0.05) is 0 Å². The Labute approximate surface area is 93.0 Å². The highest BCUT2D eigenvalue weighted by Crippen LogP contribution is 2.12. The second-order valence-corrected chi connectivity index (χ2v) is 3.87. The zero-order valence-electron chi connectivity index (χ0n) is 9.11. The lowest BCUT2D eigenvalue weighted by atomic mass is 10.2. The molecule has 1 aliphatic heterocycles. The molecule has 2 atom stereocenters. The van der Waals surface area contributed by atoms with Crippen molar-refractivity contribution in [3.8, 4) is 0 Å². The van der Waals surface area contributed by atoms with Crippen LogP contribution in [-0.2, 0) is 11.3 Å². The number of rotatable bonds is 3. The van der Waals surface area contributed by atoms with Gasteiger partial charge in [0.05, 0.1) is 17.9 Å². The topological polar surface area (TPSA) is 59.0 Å². The van der Waals surface area contributed by atoms with Crippen LogP contribution in [0.25, 0.3) is 0 Å². The van der Waals surface area contributed by atoms with Gasteiger partial charge in [0, 0.05) is 25.7 Å². The zero-order chi connectivity index (χ0) is 11.5. The van der Waals surface area contributed by atoms with E-state index in [0.29, 0.717) is 5.69 Å². The molecule has 1 fully saturated rings. The molecule has 0 saturated carbocycles. The second-order valence-electron chi connectivity index (χ2n) is 3.87. The molecule has 88 valence electrons. The molecule has 1 aromatic heterocycles. The van der Waals surface area contributed by atoms with Gasteiger partial charge >= 0.3 is 0 Å². The van der Waals surface area contributed by atoms with E-state index in [2.05, 4.69) is 15.7 Å². The van der Waals surface area contributed by atoms with Crippen molar-refractivity contribution in [1.29, 1.82) is 0 Å². The summed E-state index contributed by atoms with van der Waals surface area (Å²) < 4.78 is 14.6. The first kappa shape index (κ1) is 11.1. The van der Waals surface area contributed by atoms with Gasteiger partial charge in [-0.15, -0.1) is 0 Å². The van der Waals surface area contributed by atoms with Crippen LogP contribution in [0.3, 0.4) is 0 Å². The molecule has 1 saturated heterocycles. The highest BCUT2D eigenvalue weighted by atomic mass is 19.1. The molecule has 1 amide bonds. The molecule has 2 heterocycles. The third kappa shape index (κ3) is 2.38. The molecule has 6 heteroatoms. The van der Waals surface area contributed by atoms with Gasteiger partial charge in [-0.2, -0.15) is 5.10 Å². The lowest BCUT2D eigenvalue weighted by molar-refractivity contribution is -0.117. The molecule has 1 aromatic rings. The number of carbonyl (C=O) groups is 1. The highest BCUT2D eigenvalue weighted by Gasteiger charge is 2.29. The third-order valence-corrected chi connectivity index (χ3v) is 2.62. The van der Waals surface area contributed by atoms with E-state index in [1.54, 1.807) is 17.1 Å². The monoisotopic (exact) mass is 226 g/mol. The van der Waals surface area contributed by atoms with Crippen molar-refractivity contribution in [1.82, 2.24) is 15.1 Å². The summed E-state index contributed by atoms with van der Waals surface area (Å²) in [4.78, 5) is 11.7. The summed E-state index contributed by atoms with van der Waals surface area (Å²) in [6, 6.07) is -0.431. The van der Waals surface area contributed by atoms with Crippen LogP contribution in [0.5, 0.6) is 0 Å².